The lowest BCUT2D eigenvalue weighted by molar-refractivity contribution is 0.483. The molecule has 4 rings (SSSR count). The van der Waals surface area contributed by atoms with Crippen LogP contribution < -0.4 is 0 Å². The summed E-state index contributed by atoms with van der Waals surface area (Å²) in [5, 5.41) is 0. The van der Waals surface area contributed by atoms with Crippen LogP contribution in [0.5, 0.6) is 0 Å². The summed E-state index contributed by atoms with van der Waals surface area (Å²) in [4.78, 5) is -0.111. The van der Waals surface area contributed by atoms with E-state index >= 15 is 0 Å². The van der Waals surface area contributed by atoms with E-state index in [0.717, 1.165) is 16.7 Å². The van der Waals surface area contributed by atoms with E-state index in [4.69, 9.17) is 0 Å². The van der Waals surface area contributed by atoms with Crippen molar-refractivity contribution in [2.24, 2.45) is 0 Å². The zero-order valence-electron chi connectivity index (χ0n) is 17.3. The normalized spacial score (nSPS) is 11.9. The van der Waals surface area contributed by atoms with E-state index in [1.165, 1.54) is 6.07 Å². The predicted octanol–water partition coefficient (Wildman–Crippen LogP) is 6.94. The van der Waals surface area contributed by atoms with E-state index in [1.54, 1.807) is 6.07 Å². The molecule has 32 heavy (non-hydrogen) atoms. The molecule has 1 N–H and O–H groups in total. The van der Waals surface area contributed by atoms with E-state index in [1.807, 2.05) is 115 Å². The zero-order valence-corrected chi connectivity index (χ0v) is 18.1. The first kappa shape index (κ1) is 21.5. The molecule has 0 saturated carbocycles. The summed E-state index contributed by atoms with van der Waals surface area (Å²) >= 11 is 0. The molecule has 0 bridgehead atoms. The third-order valence-electron chi connectivity index (χ3n) is 5.04. The van der Waals surface area contributed by atoms with Gasteiger partial charge in [-0.2, -0.15) is 8.42 Å². The maximum Gasteiger partial charge on any atom is 0.295 e. The van der Waals surface area contributed by atoms with Gasteiger partial charge in [0.1, 0.15) is 4.90 Å². The summed E-state index contributed by atoms with van der Waals surface area (Å²) in [7, 11) is -4.39. The number of rotatable bonds is 6. The minimum Gasteiger partial charge on any atom is -0.282 e. The summed E-state index contributed by atoms with van der Waals surface area (Å²) in [5.74, 6) is 0. The van der Waals surface area contributed by atoms with Crippen LogP contribution in [0, 0.1) is 0 Å². The predicted molar refractivity (Wildman–Crippen MR) is 132 cm³/mol. The Kier molecular flexibility index (Phi) is 6.45. The fourth-order valence-electron chi connectivity index (χ4n) is 3.38. The molecule has 0 radical (unpaired) electrons. The first-order chi connectivity index (χ1) is 15.5. The van der Waals surface area contributed by atoms with Crippen molar-refractivity contribution in [3.8, 4) is 11.1 Å². The van der Waals surface area contributed by atoms with Gasteiger partial charge in [-0.15, -0.1) is 0 Å². The van der Waals surface area contributed by atoms with Gasteiger partial charge in [-0.05, 0) is 33.9 Å². The van der Waals surface area contributed by atoms with Crippen LogP contribution in [0.4, 0.5) is 0 Å². The van der Waals surface area contributed by atoms with Crippen LogP contribution in [-0.4, -0.2) is 13.0 Å². The van der Waals surface area contributed by atoms with Crippen molar-refractivity contribution in [3.05, 3.63) is 125 Å². The van der Waals surface area contributed by atoms with Crippen molar-refractivity contribution in [1.29, 1.82) is 0 Å². The molecule has 0 aliphatic carbocycles. The molecule has 0 aromatic heterocycles. The van der Waals surface area contributed by atoms with Crippen molar-refractivity contribution < 1.29 is 13.0 Å². The largest absolute Gasteiger partial charge is 0.295 e. The molecular formula is C28H22O3S. The Hall–Kier alpha value is -3.73. The second-order valence-electron chi connectivity index (χ2n) is 7.34. The van der Waals surface area contributed by atoms with Crippen LogP contribution in [0.25, 0.3) is 35.4 Å². The molecule has 0 heterocycles. The van der Waals surface area contributed by atoms with Crippen molar-refractivity contribution in [2.45, 2.75) is 4.90 Å². The van der Waals surface area contributed by atoms with Gasteiger partial charge in [0.15, 0.2) is 0 Å². The number of hydrogen-bond acceptors (Lipinski definition) is 2. The minimum absolute atomic E-state index is 0.111. The van der Waals surface area contributed by atoms with Gasteiger partial charge in [-0.1, -0.05) is 121 Å². The van der Waals surface area contributed by atoms with Gasteiger partial charge in [0, 0.05) is 5.56 Å². The molecule has 0 fully saturated rings. The maximum absolute atomic E-state index is 12.1. The van der Waals surface area contributed by atoms with E-state index in [0.29, 0.717) is 16.7 Å². The summed E-state index contributed by atoms with van der Waals surface area (Å²) in [6.07, 6.45) is 7.74. The molecule has 0 unspecified atom stereocenters. The molecule has 158 valence electrons. The van der Waals surface area contributed by atoms with Crippen LogP contribution in [0.3, 0.4) is 0 Å². The van der Waals surface area contributed by atoms with Gasteiger partial charge in [0.2, 0.25) is 0 Å². The monoisotopic (exact) mass is 438 g/mol. The lowest BCUT2D eigenvalue weighted by atomic mass is 10.0. The van der Waals surface area contributed by atoms with Crippen LogP contribution in [0.2, 0.25) is 0 Å². The van der Waals surface area contributed by atoms with Crippen molar-refractivity contribution >= 4 is 34.4 Å². The first-order valence-electron chi connectivity index (χ1n) is 10.2. The third-order valence-corrected chi connectivity index (χ3v) is 5.93. The Bertz CT molecular complexity index is 1350. The smallest absolute Gasteiger partial charge is 0.282 e. The fraction of sp³-hybridized carbons (Fsp3) is 0. The van der Waals surface area contributed by atoms with Crippen LogP contribution in [0.1, 0.15) is 22.3 Å². The molecule has 0 aliphatic heterocycles. The van der Waals surface area contributed by atoms with Crippen molar-refractivity contribution in [1.82, 2.24) is 0 Å². The molecule has 0 saturated heterocycles. The molecule has 0 amide bonds. The summed E-state index contributed by atoms with van der Waals surface area (Å²) < 4.78 is 34.0. The molecule has 4 heteroatoms. The molecular weight excluding hydrogens is 416 g/mol. The highest BCUT2D eigenvalue weighted by molar-refractivity contribution is 7.86. The Labute approximate surface area is 188 Å². The summed E-state index contributed by atoms with van der Waals surface area (Å²) in [6, 6.07) is 32.3. The lowest BCUT2D eigenvalue weighted by Crippen LogP contribution is -2.01. The van der Waals surface area contributed by atoms with E-state index in [9.17, 15) is 13.0 Å². The lowest BCUT2D eigenvalue weighted by Gasteiger charge is -2.09. The number of benzene rings is 4. The van der Waals surface area contributed by atoms with Crippen molar-refractivity contribution in [2.75, 3.05) is 0 Å². The highest BCUT2D eigenvalue weighted by Crippen LogP contribution is 2.29. The first-order valence-corrected chi connectivity index (χ1v) is 11.6. The van der Waals surface area contributed by atoms with Gasteiger partial charge >= 0.3 is 0 Å². The molecule has 0 aliphatic rings. The third kappa shape index (κ3) is 5.49. The van der Waals surface area contributed by atoms with Gasteiger partial charge in [0.05, 0.1) is 0 Å². The summed E-state index contributed by atoms with van der Waals surface area (Å²) in [6.45, 7) is 0. The minimum atomic E-state index is -4.39. The van der Waals surface area contributed by atoms with E-state index < -0.39 is 10.1 Å². The maximum atomic E-state index is 12.1. The summed E-state index contributed by atoms with van der Waals surface area (Å²) in [5.41, 5.74) is 4.96. The highest BCUT2D eigenvalue weighted by atomic mass is 32.2. The second kappa shape index (κ2) is 9.60. The fourth-order valence-corrected chi connectivity index (χ4v) is 4.13. The Balaban J connectivity index is 1.62. The van der Waals surface area contributed by atoms with Gasteiger partial charge in [0.25, 0.3) is 10.1 Å². The SMILES string of the molecule is O=S(=O)(O)c1cc(C=Cc2ccccc2)ccc1-c1ccc(C=Cc2ccccc2)cc1. The Morgan fingerprint density at radius 3 is 1.47 bits per heavy atom. The van der Waals surface area contributed by atoms with Crippen LogP contribution >= 0.6 is 0 Å². The van der Waals surface area contributed by atoms with E-state index in [-0.39, 0.29) is 4.90 Å². The van der Waals surface area contributed by atoms with Crippen LogP contribution in [-0.2, 0) is 10.1 Å². The molecule has 0 spiro atoms. The average molecular weight is 439 g/mol. The second-order valence-corrected chi connectivity index (χ2v) is 8.73. The quantitative estimate of drug-likeness (QED) is 0.262. The van der Waals surface area contributed by atoms with E-state index in [2.05, 4.69) is 0 Å². The van der Waals surface area contributed by atoms with Gasteiger partial charge in [-0.25, -0.2) is 0 Å². The molecule has 4 aromatic rings. The standard InChI is InChI=1S/C28H22O3S/c29-32(30,31)28-21-25(14-13-23-9-5-2-6-10-23)17-20-27(28)26-18-15-24(16-19-26)12-11-22-7-3-1-4-8-22/h1-21H,(H,29,30,31). The van der Waals surface area contributed by atoms with Crippen molar-refractivity contribution in [3.63, 3.8) is 0 Å². The molecule has 0 atom stereocenters. The Morgan fingerprint density at radius 2 is 0.969 bits per heavy atom. The highest BCUT2D eigenvalue weighted by Gasteiger charge is 2.17. The average Bonchev–Trinajstić information content (AvgIpc) is 2.82. The molecule has 3 nitrogen and oxygen atoms in total. The Morgan fingerprint density at radius 1 is 0.531 bits per heavy atom. The topological polar surface area (TPSA) is 54.4 Å². The molecule has 4 aromatic carbocycles. The number of hydrogen-bond donors (Lipinski definition) is 1. The van der Waals surface area contributed by atoms with Crippen LogP contribution in [0.15, 0.2) is 108 Å². The van der Waals surface area contributed by atoms with Gasteiger partial charge < -0.3 is 0 Å². The zero-order chi connectivity index (χ0) is 22.4. The van der Waals surface area contributed by atoms with Gasteiger partial charge in [-0.3, -0.25) is 4.55 Å².